The molecule has 0 saturated carbocycles. The summed E-state index contributed by atoms with van der Waals surface area (Å²) in [5.41, 5.74) is 3.89. The smallest absolute Gasteiger partial charge is 0.123 e. The Hall–Kier alpha value is -1.66. The van der Waals surface area contributed by atoms with Crippen molar-refractivity contribution in [2.24, 2.45) is 0 Å². The third-order valence-corrected chi connectivity index (χ3v) is 3.82. The molecule has 0 radical (unpaired) electrons. The summed E-state index contributed by atoms with van der Waals surface area (Å²) in [6.07, 6.45) is 0.684. The summed E-state index contributed by atoms with van der Waals surface area (Å²) in [7, 11) is 0. The van der Waals surface area contributed by atoms with Crippen LogP contribution in [-0.4, -0.2) is 0 Å². The van der Waals surface area contributed by atoms with Crippen molar-refractivity contribution in [2.45, 2.75) is 12.3 Å². The van der Waals surface area contributed by atoms with Gasteiger partial charge >= 0.3 is 0 Å². The van der Waals surface area contributed by atoms with Gasteiger partial charge in [-0.3, -0.25) is 0 Å². The summed E-state index contributed by atoms with van der Waals surface area (Å²) in [6.45, 7) is 0. The van der Waals surface area contributed by atoms with Crippen molar-refractivity contribution in [3.63, 3.8) is 0 Å². The molecule has 0 heterocycles. The quantitative estimate of drug-likeness (QED) is 0.707. The van der Waals surface area contributed by atoms with Crippen molar-refractivity contribution < 1.29 is 4.39 Å². The molecular weight excluding hydrogens is 293 g/mol. The van der Waals surface area contributed by atoms with Gasteiger partial charge in [0.15, 0.2) is 0 Å². The second kappa shape index (κ2) is 4.22. The maximum Gasteiger partial charge on any atom is 0.123 e. The molecule has 3 heteroatoms. The highest BCUT2D eigenvalue weighted by Crippen LogP contribution is 2.40. The summed E-state index contributed by atoms with van der Waals surface area (Å²) in [5, 5.41) is 9.25. The lowest BCUT2D eigenvalue weighted by molar-refractivity contribution is 0.626. The number of nitriles is 1. The fourth-order valence-corrected chi connectivity index (χ4v) is 2.91. The van der Waals surface area contributed by atoms with E-state index in [0.717, 1.165) is 26.7 Å². The molecule has 18 heavy (non-hydrogen) atoms. The molecule has 0 saturated heterocycles. The highest BCUT2D eigenvalue weighted by Gasteiger charge is 2.24. The van der Waals surface area contributed by atoms with E-state index in [-0.39, 0.29) is 11.7 Å². The third-order valence-electron chi connectivity index (χ3n) is 3.33. The van der Waals surface area contributed by atoms with Gasteiger partial charge in [-0.2, -0.15) is 5.26 Å². The van der Waals surface area contributed by atoms with Crippen LogP contribution in [0.5, 0.6) is 0 Å². The molecule has 2 aromatic rings. The van der Waals surface area contributed by atoms with E-state index in [4.69, 9.17) is 0 Å². The van der Waals surface area contributed by atoms with Crippen LogP contribution < -0.4 is 0 Å². The molecule has 1 aliphatic carbocycles. The monoisotopic (exact) mass is 301 g/mol. The lowest BCUT2D eigenvalue weighted by Crippen LogP contribution is -2.10. The van der Waals surface area contributed by atoms with Gasteiger partial charge in [0.1, 0.15) is 5.82 Å². The van der Waals surface area contributed by atoms with Crippen LogP contribution in [0, 0.1) is 17.1 Å². The maximum absolute atomic E-state index is 13.4. The molecule has 0 amide bonds. The molecule has 2 aromatic carbocycles. The number of nitrogens with zero attached hydrogens (tertiary/aromatic N) is 1. The number of rotatable bonds is 0. The minimum absolute atomic E-state index is 0.192. The predicted molar refractivity (Wildman–Crippen MR) is 71.6 cm³/mol. The number of hydrogen-bond donors (Lipinski definition) is 0. The fourth-order valence-electron chi connectivity index (χ4n) is 2.50. The molecule has 0 spiro atoms. The summed E-state index contributed by atoms with van der Waals surface area (Å²) >= 11 is 3.43. The topological polar surface area (TPSA) is 23.8 Å². The van der Waals surface area contributed by atoms with Gasteiger partial charge in [-0.25, -0.2) is 4.39 Å². The normalized spacial score (nSPS) is 16.6. The van der Waals surface area contributed by atoms with Gasteiger partial charge in [-0.1, -0.05) is 28.1 Å². The van der Waals surface area contributed by atoms with Gasteiger partial charge in [0.05, 0.1) is 12.0 Å². The van der Waals surface area contributed by atoms with Crippen molar-refractivity contribution in [2.75, 3.05) is 0 Å². The average Bonchev–Trinajstić information content (AvgIpc) is 2.37. The first kappa shape index (κ1) is 11.4. The van der Waals surface area contributed by atoms with E-state index in [1.54, 1.807) is 6.07 Å². The zero-order chi connectivity index (χ0) is 12.7. The van der Waals surface area contributed by atoms with Crippen LogP contribution in [0.4, 0.5) is 4.39 Å². The summed E-state index contributed by atoms with van der Waals surface area (Å²) in [4.78, 5) is 0. The number of hydrogen-bond acceptors (Lipinski definition) is 1. The third kappa shape index (κ3) is 1.74. The minimum Gasteiger partial charge on any atom is -0.207 e. The summed E-state index contributed by atoms with van der Waals surface area (Å²) in [6, 6.07) is 12.9. The second-order valence-corrected chi connectivity index (χ2v) is 5.33. The molecule has 0 bridgehead atoms. The number of fused-ring (bicyclic) bond motifs is 3. The number of halogens is 2. The zero-order valence-electron chi connectivity index (χ0n) is 9.45. The fraction of sp³-hybridized carbons (Fsp3) is 0.133. The van der Waals surface area contributed by atoms with Gasteiger partial charge < -0.3 is 0 Å². The molecule has 88 valence electrons. The SMILES string of the molecule is N#C[C@@H]1Cc2cc(Br)ccc2-c2cc(F)ccc21. The van der Waals surface area contributed by atoms with E-state index in [9.17, 15) is 9.65 Å². The molecule has 0 aliphatic heterocycles. The van der Waals surface area contributed by atoms with E-state index in [0.29, 0.717) is 6.42 Å². The second-order valence-electron chi connectivity index (χ2n) is 4.42. The molecule has 1 aliphatic rings. The van der Waals surface area contributed by atoms with E-state index >= 15 is 0 Å². The Morgan fingerprint density at radius 1 is 1.17 bits per heavy atom. The van der Waals surface area contributed by atoms with Gasteiger partial charge in [0.25, 0.3) is 0 Å². The lowest BCUT2D eigenvalue weighted by atomic mass is 9.79. The van der Waals surface area contributed by atoms with E-state index < -0.39 is 0 Å². The lowest BCUT2D eigenvalue weighted by Gasteiger charge is -2.23. The van der Waals surface area contributed by atoms with Crippen LogP contribution in [0.2, 0.25) is 0 Å². The predicted octanol–water partition coefficient (Wildman–Crippen LogP) is 4.42. The van der Waals surface area contributed by atoms with Crippen molar-refractivity contribution in [1.29, 1.82) is 5.26 Å². The summed E-state index contributed by atoms with van der Waals surface area (Å²) < 4.78 is 14.4. The molecule has 1 atom stereocenters. The first-order valence-corrected chi connectivity index (χ1v) is 6.46. The van der Waals surface area contributed by atoms with Crippen LogP contribution in [0.15, 0.2) is 40.9 Å². The zero-order valence-corrected chi connectivity index (χ0v) is 11.0. The van der Waals surface area contributed by atoms with E-state index in [1.807, 2.05) is 18.2 Å². The highest BCUT2D eigenvalue weighted by molar-refractivity contribution is 9.10. The largest absolute Gasteiger partial charge is 0.207 e. The number of benzene rings is 2. The van der Waals surface area contributed by atoms with Crippen LogP contribution in [0.1, 0.15) is 17.0 Å². The maximum atomic E-state index is 13.4. The molecular formula is C15H9BrFN. The Morgan fingerprint density at radius 3 is 2.78 bits per heavy atom. The van der Waals surface area contributed by atoms with Crippen molar-refractivity contribution in [1.82, 2.24) is 0 Å². The Kier molecular flexibility index (Phi) is 2.68. The molecule has 0 N–H and O–H groups in total. The van der Waals surface area contributed by atoms with Gasteiger partial charge in [-0.05, 0) is 52.9 Å². The molecule has 3 rings (SSSR count). The average molecular weight is 302 g/mol. The van der Waals surface area contributed by atoms with E-state index in [1.165, 1.54) is 12.1 Å². The standard InChI is InChI=1S/C15H9BrFN/c16-11-1-3-13-9(6-11)5-10(8-18)14-4-2-12(17)7-15(13)14/h1-4,6-7,10H,5H2/t10-/m0/s1. The molecule has 0 aromatic heterocycles. The Labute approximate surface area is 113 Å². The molecule has 1 nitrogen and oxygen atoms in total. The molecule has 0 fully saturated rings. The van der Waals surface area contributed by atoms with Crippen LogP contribution in [0.3, 0.4) is 0 Å². The van der Waals surface area contributed by atoms with Crippen LogP contribution >= 0.6 is 15.9 Å². The van der Waals surface area contributed by atoms with Crippen molar-refractivity contribution in [3.05, 3.63) is 57.8 Å². The van der Waals surface area contributed by atoms with E-state index in [2.05, 4.69) is 22.0 Å². The van der Waals surface area contributed by atoms with Gasteiger partial charge in [0, 0.05) is 4.47 Å². The first-order valence-electron chi connectivity index (χ1n) is 5.67. The van der Waals surface area contributed by atoms with Gasteiger partial charge in [-0.15, -0.1) is 0 Å². The first-order chi connectivity index (χ1) is 8.69. The van der Waals surface area contributed by atoms with Crippen LogP contribution in [-0.2, 0) is 6.42 Å². The van der Waals surface area contributed by atoms with Crippen molar-refractivity contribution in [3.8, 4) is 17.2 Å². The van der Waals surface area contributed by atoms with Gasteiger partial charge in [0.2, 0.25) is 0 Å². The molecule has 0 unspecified atom stereocenters. The Balaban J connectivity index is 2.29. The highest BCUT2D eigenvalue weighted by atomic mass is 79.9. The Morgan fingerprint density at radius 2 is 2.00 bits per heavy atom. The van der Waals surface area contributed by atoms with Crippen LogP contribution in [0.25, 0.3) is 11.1 Å². The van der Waals surface area contributed by atoms with Crippen molar-refractivity contribution >= 4 is 15.9 Å². The minimum atomic E-state index is -0.263. The Bertz CT molecular complexity index is 673. The summed E-state index contributed by atoms with van der Waals surface area (Å²) in [5.74, 6) is -0.455.